The molecule has 3 heteroatoms. The molecule has 0 unspecified atom stereocenters. The second-order valence-electron chi connectivity index (χ2n) is 3.45. The van der Waals surface area contributed by atoms with E-state index < -0.39 is 0 Å². The number of aromatic nitrogens is 1. The van der Waals surface area contributed by atoms with E-state index in [0.29, 0.717) is 0 Å². The number of hydrogen-bond acceptors (Lipinski definition) is 3. The van der Waals surface area contributed by atoms with Crippen LogP contribution < -0.4 is 5.32 Å². The number of nitrogens with one attached hydrogen (secondary N) is 1. The van der Waals surface area contributed by atoms with E-state index in [0.717, 1.165) is 13.1 Å². The van der Waals surface area contributed by atoms with Gasteiger partial charge >= 0.3 is 0 Å². The third-order valence-electron chi connectivity index (χ3n) is 2.52. The van der Waals surface area contributed by atoms with Crippen LogP contribution in [-0.4, -0.2) is 4.98 Å². The van der Waals surface area contributed by atoms with Gasteiger partial charge < -0.3 is 5.32 Å². The summed E-state index contributed by atoms with van der Waals surface area (Å²) in [5.74, 6) is 0. The van der Waals surface area contributed by atoms with Crippen LogP contribution in [0.25, 0.3) is 11.1 Å². The zero-order valence-electron chi connectivity index (χ0n) is 7.66. The van der Waals surface area contributed by atoms with Gasteiger partial charge in [-0.25, -0.2) is 0 Å². The van der Waals surface area contributed by atoms with E-state index in [4.69, 9.17) is 0 Å². The van der Waals surface area contributed by atoms with E-state index in [1.54, 1.807) is 11.3 Å². The predicted octanol–water partition coefficient (Wildman–Crippen LogP) is 2.41. The topological polar surface area (TPSA) is 24.9 Å². The third-order valence-corrected chi connectivity index (χ3v) is 3.21. The van der Waals surface area contributed by atoms with Crippen LogP contribution in [0.2, 0.25) is 0 Å². The second-order valence-corrected chi connectivity index (χ2v) is 4.23. The molecule has 2 nitrogen and oxygen atoms in total. The van der Waals surface area contributed by atoms with Crippen molar-refractivity contribution in [1.82, 2.24) is 10.3 Å². The molecule has 0 amide bonds. The standard InChI is InChI=1S/C11H10N2S/c1-2-14-7-8(1)9-3-10-4-12-6-11(10)13-5-9/h1-3,5,7,12H,4,6H2. The fourth-order valence-corrected chi connectivity index (χ4v) is 2.42. The fraction of sp³-hybridized carbons (Fsp3) is 0.182. The van der Waals surface area contributed by atoms with E-state index in [1.807, 2.05) is 6.20 Å². The van der Waals surface area contributed by atoms with E-state index in [9.17, 15) is 0 Å². The van der Waals surface area contributed by atoms with Gasteiger partial charge in [-0.1, -0.05) is 0 Å². The van der Waals surface area contributed by atoms with Crippen LogP contribution >= 0.6 is 11.3 Å². The van der Waals surface area contributed by atoms with Crippen LogP contribution in [0.15, 0.2) is 29.1 Å². The maximum Gasteiger partial charge on any atom is 0.0587 e. The second kappa shape index (κ2) is 3.19. The molecule has 2 aromatic heterocycles. The Labute approximate surface area is 86.6 Å². The molecular formula is C11H10N2S. The van der Waals surface area contributed by atoms with Crippen molar-refractivity contribution in [3.05, 3.63) is 40.3 Å². The van der Waals surface area contributed by atoms with Gasteiger partial charge in [-0.3, -0.25) is 4.98 Å². The lowest BCUT2D eigenvalue weighted by Crippen LogP contribution is -2.00. The maximum atomic E-state index is 4.46. The van der Waals surface area contributed by atoms with E-state index in [-0.39, 0.29) is 0 Å². The van der Waals surface area contributed by atoms with Gasteiger partial charge in [0.25, 0.3) is 0 Å². The van der Waals surface area contributed by atoms with E-state index in [1.165, 1.54) is 22.4 Å². The smallest absolute Gasteiger partial charge is 0.0587 e. The summed E-state index contributed by atoms with van der Waals surface area (Å²) in [6.45, 7) is 1.87. The zero-order chi connectivity index (χ0) is 9.38. The van der Waals surface area contributed by atoms with E-state index in [2.05, 4.69) is 33.2 Å². The van der Waals surface area contributed by atoms with Crippen molar-refractivity contribution in [2.75, 3.05) is 0 Å². The number of pyridine rings is 1. The number of fused-ring (bicyclic) bond motifs is 1. The maximum absolute atomic E-state index is 4.46. The average Bonchev–Trinajstić information content (AvgIpc) is 2.88. The molecule has 0 spiro atoms. The third kappa shape index (κ3) is 1.25. The lowest BCUT2D eigenvalue weighted by Gasteiger charge is -2.00. The molecular weight excluding hydrogens is 192 g/mol. The predicted molar refractivity (Wildman–Crippen MR) is 58.1 cm³/mol. The summed E-state index contributed by atoms with van der Waals surface area (Å²) in [6.07, 6.45) is 1.97. The van der Waals surface area contributed by atoms with Gasteiger partial charge in [0, 0.05) is 24.8 Å². The highest BCUT2D eigenvalue weighted by Gasteiger charge is 2.11. The number of hydrogen-bond donors (Lipinski definition) is 1. The highest BCUT2D eigenvalue weighted by atomic mass is 32.1. The van der Waals surface area contributed by atoms with E-state index >= 15 is 0 Å². The Morgan fingerprint density at radius 2 is 2.29 bits per heavy atom. The molecule has 0 aromatic carbocycles. The van der Waals surface area contributed by atoms with Gasteiger partial charge in [0.05, 0.1) is 5.69 Å². The van der Waals surface area contributed by atoms with Crippen LogP contribution in [0, 0.1) is 0 Å². The normalized spacial score (nSPS) is 14.3. The Hall–Kier alpha value is -1.19. The molecule has 0 saturated heterocycles. The minimum Gasteiger partial charge on any atom is -0.307 e. The number of nitrogens with zero attached hydrogens (tertiary/aromatic N) is 1. The summed E-state index contributed by atoms with van der Waals surface area (Å²) < 4.78 is 0. The number of rotatable bonds is 1. The molecule has 0 bridgehead atoms. The largest absolute Gasteiger partial charge is 0.307 e. The first kappa shape index (κ1) is 8.15. The molecule has 3 heterocycles. The van der Waals surface area contributed by atoms with Crippen LogP contribution in [0.5, 0.6) is 0 Å². The van der Waals surface area contributed by atoms with Gasteiger partial charge in [0.1, 0.15) is 0 Å². The summed E-state index contributed by atoms with van der Waals surface area (Å²) >= 11 is 1.72. The molecule has 1 N–H and O–H groups in total. The summed E-state index contributed by atoms with van der Waals surface area (Å²) in [5, 5.41) is 7.56. The van der Waals surface area contributed by atoms with Gasteiger partial charge in [0.15, 0.2) is 0 Å². The molecule has 14 heavy (non-hydrogen) atoms. The van der Waals surface area contributed by atoms with Crippen molar-refractivity contribution in [2.45, 2.75) is 13.1 Å². The molecule has 0 aliphatic carbocycles. The Kier molecular flexibility index (Phi) is 1.85. The van der Waals surface area contributed by atoms with Crippen LogP contribution in [0.1, 0.15) is 11.3 Å². The van der Waals surface area contributed by atoms with Crippen LogP contribution in [-0.2, 0) is 13.1 Å². The molecule has 1 aliphatic heterocycles. The monoisotopic (exact) mass is 202 g/mol. The minimum atomic E-state index is 0.916. The van der Waals surface area contributed by atoms with Crippen molar-refractivity contribution in [3.8, 4) is 11.1 Å². The van der Waals surface area contributed by atoms with Crippen molar-refractivity contribution < 1.29 is 0 Å². The molecule has 2 aromatic rings. The summed E-state index contributed by atoms with van der Waals surface area (Å²) in [7, 11) is 0. The van der Waals surface area contributed by atoms with Crippen LogP contribution in [0.3, 0.4) is 0 Å². The van der Waals surface area contributed by atoms with Crippen molar-refractivity contribution >= 4 is 11.3 Å². The SMILES string of the molecule is c1cc(-c2cnc3c(c2)CNC3)cs1. The Bertz CT molecular complexity index is 448. The Morgan fingerprint density at radius 3 is 3.14 bits per heavy atom. The Morgan fingerprint density at radius 1 is 1.29 bits per heavy atom. The van der Waals surface area contributed by atoms with Gasteiger partial charge in [-0.2, -0.15) is 11.3 Å². The van der Waals surface area contributed by atoms with Crippen molar-refractivity contribution in [1.29, 1.82) is 0 Å². The number of thiophene rings is 1. The summed E-state index contributed by atoms with van der Waals surface area (Å²) in [6, 6.07) is 4.38. The molecule has 1 aliphatic rings. The lowest BCUT2D eigenvalue weighted by atomic mass is 10.1. The van der Waals surface area contributed by atoms with Gasteiger partial charge in [-0.15, -0.1) is 0 Å². The molecule has 0 radical (unpaired) electrons. The summed E-state index contributed by atoms with van der Waals surface area (Å²) in [4.78, 5) is 4.46. The quantitative estimate of drug-likeness (QED) is 0.768. The molecule has 0 atom stereocenters. The Balaban J connectivity index is 2.09. The highest BCUT2D eigenvalue weighted by Crippen LogP contribution is 2.24. The van der Waals surface area contributed by atoms with Crippen LogP contribution in [0.4, 0.5) is 0 Å². The molecule has 3 rings (SSSR count). The molecule has 70 valence electrons. The van der Waals surface area contributed by atoms with Crippen molar-refractivity contribution in [2.24, 2.45) is 0 Å². The first-order valence-corrected chi connectivity index (χ1v) is 5.59. The fourth-order valence-electron chi connectivity index (χ4n) is 1.75. The van der Waals surface area contributed by atoms with Crippen molar-refractivity contribution in [3.63, 3.8) is 0 Å². The summed E-state index contributed by atoms with van der Waals surface area (Å²) in [5.41, 5.74) is 5.04. The molecule has 0 fully saturated rings. The molecule has 0 saturated carbocycles. The first-order valence-electron chi connectivity index (χ1n) is 4.64. The minimum absolute atomic E-state index is 0.916. The average molecular weight is 202 g/mol. The highest BCUT2D eigenvalue weighted by molar-refractivity contribution is 7.08. The van der Waals surface area contributed by atoms with Gasteiger partial charge in [0.2, 0.25) is 0 Å². The van der Waals surface area contributed by atoms with Gasteiger partial charge in [-0.05, 0) is 34.0 Å². The zero-order valence-corrected chi connectivity index (χ0v) is 8.47. The first-order chi connectivity index (χ1) is 6.93. The lowest BCUT2D eigenvalue weighted by molar-refractivity contribution is 0.757.